The second-order valence-corrected chi connectivity index (χ2v) is 20.2. The van der Waals surface area contributed by atoms with Gasteiger partial charge >= 0.3 is 11.9 Å². The summed E-state index contributed by atoms with van der Waals surface area (Å²) < 4.78 is 35.7. The molecule has 3 heterocycles. The lowest BCUT2D eigenvalue weighted by Gasteiger charge is -2.43. The minimum atomic E-state index is -1.69. The molecule has 4 unspecified atom stereocenters. The number of ether oxygens (including phenoxy) is 6. The fourth-order valence-corrected chi connectivity index (χ4v) is 9.07. The third-order valence-corrected chi connectivity index (χ3v) is 13.6. The van der Waals surface area contributed by atoms with Gasteiger partial charge in [0.05, 0.1) is 24.0 Å². The number of fused-ring (bicyclic) bond motifs is 4. The number of aliphatic hydroxyl groups is 6. The lowest BCUT2D eigenvalue weighted by Crippen LogP contribution is -2.61. The highest BCUT2D eigenvalue weighted by Gasteiger charge is 2.49. The smallest absolute Gasteiger partial charge is 0.311 e. The Labute approximate surface area is 385 Å². The molecule has 3 aliphatic heterocycles. The van der Waals surface area contributed by atoms with Gasteiger partial charge in [-0.15, -0.1) is 0 Å². The maximum atomic E-state index is 13.6. The number of rotatable bonds is 26. The van der Waals surface area contributed by atoms with Crippen molar-refractivity contribution in [3.8, 4) is 0 Å². The van der Waals surface area contributed by atoms with Crippen LogP contribution in [0.5, 0.6) is 0 Å². The highest BCUT2D eigenvalue weighted by molar-refractivity contribution is 5.73. The van der Waals surface area contributed by atoms with E-state index in [4.69, 9.17) is 28.4 Å². The van der Waals surface area contributed by atoms with Gasteiger partial charge in [-0.05, 0) is 38.5 Å². The summed E-state index contributed by atoms with van der Waals surface area (Å²) in [6.45, 7) is 11.3. The Morgan fingerprint density at radius 3 is 0.984 bits per heavy atom. The second-order valence-electron chi connectivity index (χ2n) is 20.2. The lowest BCUT2D eigenvalue weighted by molar-refractivity contribution is -0.320. The number of carbonyl (C=O) groups excluding carboxylic acids is 2. The van der Waals surface area contributed by atoms with Crippen LogP contribution in [0.3, 0.4) is 0 Å². The molecule has 6 N–H and O–H groups in total. The van der Waals surface area contributed by atoms with Crippen molar-refractivity contribution in [2.24, 2.45) is 23.7 Å². The number of hydrogen-bond donors (Lipinski definition) is 6. The van der Waals surface area contributed by atoms with Crippen molar-refractivity contribution in [3.63, 3.8) is 0 Å². The van der Waals surface area contributed by atoms with Crippen LogP contribution in [0.1, 0.15) is 196 Å². The van der Waals surface area contributed by atoms with Gasteiger partial charge in [-0.3, -0.25) is 9.59 Å². The van der Waals surface area contributed by atoms with E-state index in [1.807, 2.05) is 0 Å². The molecule has 0 aromatic carbocycles. The third-order valence-electron chi connectivity index (χ3n) is 13.6. The molecule has 0 amide bonds. The standard InChI is InChI=1S/C50H92O14/c1-33(2)27-23-19-15-11-7-9-13-17-21-25-29-37-35(5)47(57)59-31-40-42(52)44(54)46(56)50(64-40)62-38(30-26-22-18-14-10-8-12-16-20-24-28-34(3)4)36(6)48(58)60-32-39-41(51)43(53)45(55)49(61-37)63-39/h33-46,49-56H,7-32H2,1-6H3/t35?,36?,37?,38?,39-,40-,41-,42-,43+,44+,45-,46-,49-,50-/m1/s1. The summed E-state index contributed by atoms with van der Waals surface area (Å²) in [5.41, 5.74) is 0. The van der Waals surface area contributed by atoms with Crippen molar-refractivity contribution >= 4 is 11.9 Å². The molecule has 3 fully saturated rings. The van der Waals surface area contributed by atoms with Crippen molar-refractivity contribution in [3.05, 3.63) is 0 Å². The molecule has 3 saturated heterocycles. The molecule has 0 radical (unpaired) electrons. The van der Waals surface area contributed by atoms with Crippen LogP contribution in [0.4, 0.5) is 0 Å². The van der Waals surface area contributed by atoms with E-state index in [9.17, 15) is 40.2 Å². The monoisotopic (exact) mass is 917 g/mol. The van der Waals surface area contributed by atoms with E-state index in [2.05, 4.69) is 27.7 Å². The van der Waals surface area contributed by atoms with Gasteiger partial charge in [0.25, 0.3) is 0 Å². The Hall–Kier alpha value is -1.46. The van der Waals surface area contributed by atoms with Crippen LogP contribution in [-0.2, 0) is 38.0 Å². The Balaban J connectivity index is 1.65. The summed E-state index contributed by atoms with van der Waals surface area (Å²) in [5, 5.41) is 65.6. The van der Waals surface area contributed by atoms with Crippen LogP contribution in [0, 0.1) is 23.7 Å². The molecule has 3 aliphatic rings. The highest BCUT2D eigenvalue weighted by Crippen LogP contribution is 2.31. The van der Waals surface area contributed by atoms with Crippen molar-refractivity contribution < 1.29 is 68.6 Å². The Bertz CT molecular complexity index is 1140. The number of hydrogen-bond acceptors (Lipinski definition) is 14. The summed E-state index contributed by atoms with van der Waals surface area (Å²) in [4.78, 5) is 27.3. The Morgan fingerprint density at radius 1 is 0.406 bits per heavy atom. The van der Waals surface area contributed by atoms with Gasteiger partial charge in [-0.1, -0.05) is 169 Å². The summed E-state index contributed by atoms with van der Waals surface area (Å²) >= 11 is 0. The zero-order chi connectivity index (χ0) is 47.0. The predicted octanol–water partition coefficient (Wildman–Crippen LogP) is 7.42. The lowest BCUT2D eigenvalue weighted by atomic mass is 9.95. The zero-order valence-corrected chi connectivity index (χ0v) is 40.6. The normalized spacial score (nSPS) is 33.5. The zero-order valence-electron chi connectivity index (χ0n) is 40.6. The van der Waals surface area contributed by atoms with Crippen LogP contribution in [0.2, 0.25) is 0 Å². The Morgan fingerprint density at radius 2 is 0.688 bits per heavy atom. The molecule has 4 bridgehead atoms. The van der Waals surface area contributed by atoms with Gasteiger partial charge in [-0.2, -0.15) is 0 Å². The number of cyclic esters (lactones) is 2. The number of aliphatic hydroxyl groups excluding tert-OH is 6. The SMILES string of the molecule is CC(C)CCCCCCCCCCCCC1O[C@@H]2O[C@H](COC(=O)C(C)C(CCCCCCCCCCCCC(C)C)O[C@@H]3O[C@H](COC(=O)C1C)[C@@H](O)[C@H](O)[C@H]3O)[C@@H](O)[C@H](O)[C@H]2O. The molecule has 376 valence electrons. The topological polar surface area (TPSA) is 211 Å². The minimum Gasteiger partial charge on any atom is -0.463 e. The van der Waals surface area contributed by atoms with E-state index in [0.29, 0.717) is 25.7 Å². The van der Waals surface area contributed by atoms with E-state index in [0.717, 1.165) is 63.2 Å². The highest BCUT2D eigenvalue weighted by atomic mass is 16.7. The van der Waals surface area contributed by atoms with Gasteiger partial charge in [0.15, 0.2) is 12.6 Å². The van der Waals surface area contributed by atoms with E-state index in [-0.39, 0.29) is 0 Å². The fraction of sp³-hybridized carbons (Fsp3) is 0.960. The molecule has 14 heteroatoms. The van der Waals surface area contributed by atoms with E-state index in [1.54, 1.807) is 13.8 Å². The predicted molar refractivity (Wildman–Crippen MR) is 244 cm³/mol. The Kier molecular flexibility index (Phi) is 28.0. The average Bonchev–Trinajstić information content (AvgIpc) is 3.26. The van der Waals surface area contributed by atoms with Crippen molar-refractivity contribution in [2.45, 2.75) is 269 Å². The summed E-state index contributed by atoms with van der Waals surface area (Å²) in [5.74, 6) is -1.72. The van der Waals surface area contributed by atoms with Crippen LogP contribution < -0.4 is 0 Å². The molecule has 0 spiro atoms. The first-order valence-corrected chi connectivity index (χ1v) is 25.7. The second kappa shape index (κ2) is 31.6. The van der Waals surface area contributed by atoms with Gasteiger partial charge in [0, 0.05) is 0 Å². The van der Waals surface area contributed by atoms with E-state index < -0.39 is 111 Å². The molecule has 3 rings (SSSR count). The summed E-state index contributed by atoms with van der Waals surface area (Å²) in [6, 6.07) is 0. The van der Waals surface area contributed by atoms with Crippen LogP contribution in [0.15, 0.2) is 0 Å². The average molecular weight is 917 g/mol. The molecule has 0 saturated carbocycles. The van der Waals surface area contributed by atoms with Crippen molar-refractivity contribution in [1.82, 2.24) is 0 Å². The summed E-state index contributed by atoms with van der Waals surface area (Å²) in [6.07, 6.45) is 8.48. The van der Waals surface area contributed by atoms with Gasteiger partial charge in [0.1, 0.15) is 62.0 Å². The van der Waals surface area contributed by atoms with Crippen LogP contribution in [-0.4, -0.2) is 129 Å². The first-order chi connectivity index (χ1) is 30.6. The first-order valence-electron chi connectivity index (χ1n) is 25.7. The molecule has 64 heavy (non-hydrogen) atoms. The molecule has 0 aliphatic carbocycles. The van der Waals surface area contributed by atoms with E-state index in [1.165, 1.54) is 77.0 Å². The van der Waals surface area contributed by atoms with Gasteiger partial charge in [0.2, 0.25) is 0 Å². The minimum absolute atomic E-state index is 0.387. The molecule has 0 aromatic heterocycles. The van der Waals surface area contributed by atoms with Crippen LogP contribution in [0.25, 0.3) is 0 Å². The maximum Gasteiger partial charge on any atom is 0.311 e. The molecule has 14 atom stereocenters. The van der Waals surface area contributed by atoms with E-state index >= 15 is 0 Å². The first kappa shape index (κ1) is 56.9. The number of unbranched alkanes of at least 4 members (excludes halogenated alkanes) is 18. The largest absolute Gasteiger partial charge is 0.463 e. The van der Waals surface area contributed by atoms with Crippen molar-refractivity contribution in [1.29, 1.82) is 0 Å². The fourth-order valence-electron chi connectivity index (χ4n) is 9.07. The van der Waals surface area contributed by atoms with Gasteiger partial charge in [-0.25, -0.2) is 0 Å². The molecule has 0 aromatic rings. The molecular formula is C50H92O14. The van der Waals surface area contributed by atoms with Crippen LogP contribution >= 0.6 is 0 Å². The number of esters is 2. The molecule has 14 nitrogen and oxygen atoms in total. The third kappa shape index (κ3) is 20.4. The summed E-state index contributed by atoms with van der Waals surface area (Å²) in [7, 11) is 0. The van der Waals surface area contributed by atoms with Crippen molar-refractivity contribution in [2.75, 3.05) is 13.2 Å². The maximum absolute atomic E-state index is 13.6. The van der Waals surface area contributed by atoms with Gasteiger partial charge < -0.3 is 59.1 Å². The molecular weight excluding hydrogens is 825 g/mol. The quantitative estimate of drug-likeness (QED) is 0.0369. The number of carbonyl (C=O) groups is 2.